The van der Waals surface area contributed by atoms with Gasteiger partial charge in [0, 0.05) is 43.1 Å². The number of rotatable bonds is 6. The van der Waals surface area contributed by atoms with Gasteiger partial charge in [0.15, 0.2) is 0 Å². The zero-order chi connectivity index (χ0) is 26.9. The molecule has 38 heavy (non-hydrogen) atoms. The number of aryl methyl sites for hydroxylation is 2. The minimum atomic E-state index is -4.45. The third-order valence-electron chi connectivity index (χ3n) is 7.62. The first-order chi connectivity index (χ1) is 18.1. The largest absolute Gasteiger partial charge is 0.416 e. The highest BCUT2D eigenvalue weighted by atomic mass is 32.2. The number of aliphatic imine (C=N–C) groups is 1. The molecule has 1 spiro atoms. The van der Waals surface area contributed by atoms with Crippen LogP contribution in [0.3, 0.4) is 0 Å². The summed E-state index contributed by atoms with van der Waals surface area (Å²) in [6.45, 7) is 5.06. The highest BCUT2D eigenvalue weighted by Gasteiger charge is 2.46. The number of carbonyl (C=O) groups excluding carboxylic acids is 2. The SMILES string of the molecule is Cc1cc(C(=O)N2CCCC2)ccc1CCSN1CCC2(CC1)N=C(c1cccc(C(F)(F)F)c1)NC2=O. The first-order valence-corrected chi connectivity index (χ1v) is 13.9. The van der Waals surface area contributed by atoms with E-state index in [0.29, 0.717) is 25.9 Å². The minimum Gasteiger partial charge on any atom is -0.339 e. The summed E-state index contributed by atoms with van der Waals surface area (Å²) in [6, 6.07) is 10.9. The number of nitrogens with zero attached hydrogens (tertiary/aromatic N) is 3. The third kappa shape index (κ3) is 5.61. The predicted molar refractivity (Wildman–Crippen MR) is 142 cm³/mol. The normalized spacial score (nSPS) is 19.6. The van der Waals surface area contributed by atoms with Crippen molar-refractivity contribution in [3.63, 3.8) is 0 Å². The number of halogens is 3. The molecule has 0 aromatic heterocycles. The van der Waals surface area contributed by atoms with Crippen molar-refractivity contribution in [3.05, 3.63) is 70.3 Å². The third-order valence-corrected chi connectivity index (χ3v) is 8.74. The molecule has 2 saturated heterocycles. The fourth-order valence-corrected chi connectivity index (χ4v) is 6.33. The Morgan fingerprint density at radius 1 is 1.08 bits per heavy atom. The molecule has 0 atom stereocenters. The summed E-state index contributed by atoms with van der Waals surface area (Å²) in [5, 5.41) is 2.72. The van der Waals surface area contributed by atoms with Gasteiger partial charge >= 0.3 is 6.18 Å². The number of amidine groups is 1. The van der Waals surface area contributed by atoms with Gasteiger partial charge < -0.3 is 10.2 Å². The summed E-state index contributed by atoms with van der Waals surface area (Å²) in [5.41, 5.74) is 1.67. The second-order valence-electron chi connectivity index (χ2n) is 10.2. The summed E-state index contributed by atoms with van der Waals surface area (Å²) in [6.07, 6.45) is -0.404. The lowest BCUT2D eigenvalue weighted by atomic mass is 9.89. The standard InChI is InChI=1S/C28H31F3N4O2S/c1-19-17-22(25(36)34-12-2-3-13-34)8-7-20(19)9-16-38-35-14-10-27(11-15-35)26(37)32-24(33-27)21-5-4-6-23(18-21)28(29,30)31/h4-8,17-18H,2-3,9-16H2,1H3,(H,32,33,37). The quantitative estimate of drug-likeness (QED) is 0.528. The van der Waals surface area contributed by atoms with Gasteiger partial charge in [0.05, 0.1) is 5.56 Å². The maximum Gasteiger partial charge on any atom is 0.416 e. The highest BCUT2D eigenvalue weighted by molar-refractivity contribution is 7.97. The van der Waals surface area contributed by atoms with Crippen LogP contribution in [0.25, 0.3) is 0 Å². The molecule has 3 aliphatic heterocycles. The van der Waals surface area contributed by atoms with Crippen LogP contribution in [-0.4, -0.2) is 64.3 Å². The van der Waals surface area contributed by atoms with Crippen molar-refractivity contribution in [1.82, 2.24) is 14.5 Å². The summed E-state index contributed by atoms with van der Waals surface area (Å²) in [4.78, 5) is 32.0. The molecule has 0 aliphatic carbocycles. The van der Waals surface area contributed by atoms with Gasteiger partial charge in [-0.15, -0.1) is 0 Å². The van der Waals surface area contributed by atoms with Crippen LogP contribution >= 0.6 is 11.9 Å². The van der Waals surface area contributed by atoms with Crippen molar-refractivity contribution >= 4 is 29.6 Å². The second-order valence-corrected chi connectivity index (χ2v) is 11.4. The summed E-state index contributed by atoms with van der Waals surface area (Å²) < 4.78 is 41.6. The molecule has 1 N–H and O–H groups in total. The summed E-state index contributed by atoms with van der Waals surface area (Å²) in [7, 11) is 0. The van der Waals surface area contributed by atoms with Gasteiger partial charge in [-0.25, -0.2) is 0 Å². The van der Waals surface area contributed by atoms with Crippen LogP contribution in [0.1, 0.15) is 58.3 Å². The molecule has 2 aromatic rings. The van der Waals surface area contributed by atoms with Crippen molar-refractivity contribution in [1.29, 1.82) is 0 Å². The molecule has 3 heterocycles. The van der Waals surface area contributed by atoms with E-state index in [1.807, 2.05) is 24.0 Å². The van der Waals surface area contributed by atoms with E-state index in [0.717, 1.165) is 61.4 Å². The summed E-state index contributed by atoms with van der Waals surface area (Å²) in [5.74, 6) is 0.958. The lowest BCUT2D eigenvalue weighted by Gasteiger charge is -2.34. The van der Waals surface area contributed by atoms with Gasteiger partial charge in [0.25, 0.3) is 11.8 Å². The van der Waals surface area contributed by atoms with E-state index in [1.54, 1.807) is 11.9 Å². The van der Waals surface area contributed by atoms with Gasteiger partial charge in [0.1, 0.15) is 11.4 Å². The Morgan fingerprint density at radius 3 is 2.50 bits per heavy atom. The fourth-order valence-electron chi connectivity index (χ4n) is 5.32. The van der Waals surface area contributed by atoms with E-state index in [9.17, 15) is 22.8 Å². The Bertz CT molecular complexity index is 1250. The average Bonchev–Trinajstić information content (AvgIpc) is 3.54. The van der Waals surface area contributed by atoms with E-state index in [1.165, 1.54) is 17.7 Å². The van der Waals surface area contributed by atoms with Crippen LogP contribution in [0.5, 0.6) is 0 Å². The van der Waals surface area contributed by atoms with Gasteiger partial charge in [-0.2, -0.15) is 13.2 Å². The van der Waals surface area contributed by atoms with Crippen LogP contribution in [-0.2, 0) is 17.4 Å². The first-order valence-electron chi connectivity index (χ1n) is 13.0. The van der Waals surface area contributed by atoms with Gasteiger partial charge in [-0.3, -0.25) is 18.9 Å². The molecule has 10 heteroatoms. The number of likely N-dealkylation sites (tertiary alicyclic amines) is 1. The van der Waals surface area contributed by atoms with E-state index in [2.05, 4.69) is 20.7 Å². The first kappa shape index (κ1) is 26.7. The maximum atomic E-state index is 13.1. The van der Waals surface area contributed by atoms with Gasteiger partial charge in [0.2, 0.25) is 0 Å². The Labute approximate surface area is 224 Å². The number of piperidine rings is 1. The van der Waals surface area contributed by atoms with Crippen molar-refractivity contribution in [2.24, 2.45) is 4.99 Å². The van der Waals surface area contributed by atoms with Crippen LogP contribution < -0.4 is 5.32 Å². The zero-order valence-electron chi connectivity index (χ0n) is 21.3. The molecular weight excluding hydrogens is 513 g/mol. The van der Waals surface area contributed by atoms with E-state index in [4.69, 9.17) is 0 Å². The smallest absolute Gasteiger partial charge is 0.339 e. The van der Waals surface area contributed by atoms with Crippen molar-refractivity contribution < 1.29 is 22.8 Å². The Morgan fingerprint density at radius 2 is 1.82 bits per heavy atom. The molecule has 202 valence electrons. The van der Waals surface area contributed by atoms with E-state index in [-0.39, 0.29) is 23.2 Å². The van der Waals surface area contributed by atoms with Crippen LogP contribution in [0.4, 0.5) is 13.2 Å². The number of hydrogen-bond acceptors (Lipinski definition) is 5. The lowest BCUT2D eigenvalue weighted by molar-refractivity contribution is -0.137. The topological polar surface area (TPSA) is 65.0 Å². The number of nitrogens with one attached hydrogen (secondary N) is 1. The number of amides is 2. The molecule has 2 amide bonds. The monoisotopic (exact) mass is 544 g/mol. The minimum absolute atomic E-state index is 0.114. The van der Waals surface area contributed by atoms with Crippen LogP contribution in [0.15, 0.2) is 47.5 Å². The number of benzene rings is 2. The lowest BCUT2D eigenvalue weighted by Crippen LogP contribution is -2.47. The van der Waals surface area contributed by atoms with Crippen LogP contribution in [0, 0.1) is 6.92 Å². The van der Waals surface area contributed by atoms with Gasteiger partial charge in [-0.1, -0.05) is 30.1 Å². The van der Waals surface area contributed by atoms with E-state index >= 15 is 0 Å². The number of alkyl halides is 3. The molecular formula is C28H31F3N4O2S. The average molecular weight is 545 g/mol. The second kappa shape index (κ2) is 10.7. The molecule has 5 rings (SSSR count). The Kier molecular flexibility index (Phi) is 7.55. The maximum absolute atomic E-state index is 13.1. The Balaban J connectivity index is 1.14. The molecule has 3 aliphatic rings. The number of hydrogen-bond donors (Lipinski definition) is 1. The Hall–Kier alpha value is -2.85. The van der Waals surface area contributed by atoms with E-state index < -0.39 is 17.3 Å². The molecule has 6 nitrogen and oxygen atoms in total. The van der Waals surface area contributed by atoms with Crippen molar-refractivity contribution in [2.45, 2.75) is 50.7 Å². The molecule has 0 bridgehead atoms. The molecule has 0 radical (unpaired) electrons. The van der Waals surface area contributed by atoms with Crippen molar-refractivity contribution in [2.75, 3.05) is 31.9 Å². The molecule has 0 saturated carbocycles. The van der Waals surface area contributed by atoms with Crippen LogP contribution in [0.2, 0.25) is 0 Å². The van der Waals surface area contributed by atoms with Crippen molar-refractivity contribution in [3.8, 4) is 0 Å². The molecule has 2 aromatic carbocycles. The highest BCUT2D eigenvalue weighted by Crippen LogP contribution is 2.35. The molecule has 2 fully saturated rings. The van der Waals surface area contributed by atoms with Gasteiger partial charge in [-0.05, 0) is 74.4 Å². The predicted octanol–water partition coefficient (Wildman–Crippen LogP) is 4.85. The summed E-state index contributed by atoms with van der Waals surface area (Å²) >= 11 is 1.73. The fraction of sp³-hybridized carbons (Fsp3) is 0.464. The molecule has 0 unspecified atom stereocenters. The number of carbonyl (C=O) groups is 2. The zero-order valence-corrected chi connectivity index (χ0v) is 22.1.